The van der Waals surface area contributed by atoms with Gasteiger partial charge in [-0.25, -0.2) is 0 Å². The Morgan fingerprint density at radius 3 is 2.20 bits per heavy atom. The minimum Gasteiger partial charge on any atom is -0.350 e. The molecule has 0 atom stereocenters. The van der Waals surface area contributed by atoms with Crippen molar-refractivity contribution < 1.29 is 4.79 Å². The molecule has 0 spiro atoms. The van der Waals surface area contributed by atoms with Crippen molar-refractivity contribution in [3.63, 3.8) is 0 Å². The van der Waals surface area contributed by atoms with E-state index in [1.54, 1.807) is 6.07 Å². The van der Waals surface area contributed by atoms with Crippen molar-refractivity contribution in [2.75, 3.05) is 10.6 Å². The average molecular weight is 458 g/mol. The van der Waals surface area contributed by atoms with Crippen LogP contribution in [0.3, 0.4) is 0 Å². The summed E-state index contributed by atoms with van der Waals surface area (Å²) in [6, 6.07) is 18.6. The zero-order chi connectivity index (χ0) is 20.9. The van der Waals surface area contributed by atoms with Gasteiger partial charge >= 0.3 is 0 Å². The monoisotopic (exact) mass is 457 g/mol. The number of benzene rings is 2. The van der Waals surface area contributed by atoms with Crippen LogP contribution in [-0.2, 0) is 13.1 Å². The van der Waals surface area contributed by atoms with Gasteiger partial charge in [0.05, 0.1) is 4.88 Å². The van der Waals surface area contributed by atoms with E-state index in [1.807, 2.05) is 60.0 Å². The molecule has 0 saturated heterocycles. The lowest BCUT2D eigenvalue weighted by molar-refractivity contribution is 0.0951. The van der Waals surface area contributed by atoms with Gasteiger partial charge in [0.2, 0.25) is 11.9 Å². The molecule has 30 heavy (non-hydrogen) atoms. The quantitative estimate of drug-likeness (QED) is 0.380. The lowest BCUT2D eigenvalue weighted by atomic mass is 10.2. The molecular formula is C21H17Cl2N5OS. The zero-order valence-corrected chi connectivity index (χ0v) is 18.0. The number of aromatic nitrogens is 3. The second-order valence-corrected chi connectivity index (χ2v) is 8.24. The van der Waals surface area contributed by atoms with Crippen LogP contribution in [0.5, 0.6) is 0 Å². The Labute approximate surface area is 187 Å². The summed E-state index contributed by atoms with van der Waals surface area (Å²) in [5.74, 6) is 0.442. The maximum Gasteiger partial charge on any atom is 0.291 e. The minimum atomic E-state index is -0.248. The lowest BCUT2D eigenvalue weighted by Gasteiger charge is -2.06. The summed E-state index contributed by atoms with van der Waals surface area (Å²) in [5.41, 5.74) is 1.95. The molecule has 6 nitrogen and oxygen atoms in total. The lowest BCUT2D eigenvalue weighted by Crippen LogP contribution is -2.16. The predicted molar refractivity (Wildman–Crippen MR) is 122 cm³/mol. The summed E-state index contributed by atoms with van der Waals surface area (Å²) < 4.78 is 1.27. The van der Waals surface area contributed by atoms with Crippen LogP contribution in [0.2, 0.25) is 10.0 Å². The highest BCUT2D eigenvalue weighted by Crippen LogP contribution is 2.18. The maximum atomic E-state index is 12.9. The molecule has 0 aliphatic carbocycles. The van der Waals surface area contributed by atoms with Crippen LogP contribution < -0.4 is 10.6 Å². The van der Waals surface area contributed by atoms with Crippen LogP contribution in [0.4, 0.5) is 11.9 Å². The number of carbonyl (C=O) groups is 1. The largest absolute Gasteiger partial charge is 0.350 e. The number of nitrogens with one attached hydrogen (secondary N) is 2. The number of halogens is 2. The molecule has 0 aliphatic rings. The van der Waals surface area contributed by atoms with Crippen LogP contribution in [0.1, 0.15) is 20.8 Å². The van der Waals surface area contributed by atoms with Crippen molar-refractivity contribution in [2.45, 2.75) is 13.1 Å². The molecule has 0 unspecified atom stereocenters. The third kappa shape index (κ3) is 4.99. The van der Waals surface area contributed by atoms with Crippen LogP contribution in [-0.4, -0.2) is 20.7 Å². The second-order valence-electron chi connectivity index (χ2n) is 6.42. The van der Waals surface area contributed by atoms with Crippen LogP contribution in [0, 0.1) is 0 Å². The van der Waals surface area contributed by atoms with Crippen molar-refractivity contribution in [1.82, 2.24) is 14.8 Å². The van der Waals surface area contributed by atoms with E-state index < -0.39 is 0 Å². The Morgan fingerprint density at radius 1 is 0.933 bits per heavy atom. The molecule has 2 heterocycles. The Balaban J connectivity index is 1.55. The molecule has 2 N–H and O–H groups in total. The maximum absolute atomic E-state index is 12.9. The molecule has 2 aromatic carbocycles. The Morgan fingerprint density at radius 2 is 1.60 bits per heavy atom. The van der Waals surface area contributed by atoms with Crippen LogP contribution >= 0.6 is 34.5 Å². The summed E-state index contributed by atoms with van der Waals surface area (Å²) in [7, 11) is 0. The highest BCUT2D eigenvalue weighted by Gasteiger charge is 2.18. The minimum absolute atomic E-state index is 0.248. The van der Waals surface area contributed by atoms with E-state index >= 15 is 0 Å². The van der Waals surface area contributed by atoms with Gasteiger partial charge in [-0.1, -0.05) is 53.5 Å². The molecule has 9 heteroatoms. The Kier molecular flexibility index (Phi) is 6.32. The van der Waals surface area contributed by atoms with Crippen molar-refractivity contribution >= 4 is 52.3 Å². The predicted octanol–water partition coefficient (Wildman–Crippen LogP) is 5.56. The first-order valence-corrected chi connectivity index (χ1v) is 10.7. The van der Waals surface area contributed by atoms with Crippen molar-refractivity contribution in [3.05, 3.63) is 92.1 Å². The summed E-state index contributed by atoms with van der Waals surface area (Å²) in [6.45, 7) is 0.927. The molecule has 4 aromatic rings. The zero-order valence-electron chi connectivity index (χ0n) is 15.7. The van der Waals surface area contributed by atoms with Gasteiger partial charge in [-0.15, -0.1) is 16.4 Å². The smallest absolute Gasteiger partial charge is 0.291 e. The van der Waals surface area contributed by atoms with E-state index in [2.05, 4.69) is 20.7 Å². The van der Waals surface area contributed by atoms with E-state index in [1.165, 1.54) is 16.0 Å². The number of thiophene rings is 1. The molecule has 0 saturated carbocycles. The first-order valence-electron chi connectivity index (χ1n) is 9.10. The topological polar surface area (TPSA) is 71.8 Å². The van der Waals surface area contributed by atoms with Gasteiger partial charge in [0.1, 0.15) is 0 Å². The highest BCUT2D eigenvalue weighted by atomic mass is 35.5. The van der Waals surface area contributed by atoms with E-state index in [9.17, 15) is 4.79 Å². The molecule has 0 fully saturated rings. The van der Waals surface area contributed by atoms with Gasteiger partial charge in [0, 0.05) is 23.1 Å². The standard InChI is InChI=1S/C21H17Cl2N5OS/c22-16-6-1-4-14(10-16)12-24-20-26-21(25-13-15-5-2-7-17(23)11-15)28(27-20)19(29)18-8-3-9-30-18/h1-11H,12-13H2,(H2,24,25,26,27). The SMILES string of the molecule is O=C(c1cccs1)n1nc(NCc2cccc(Cl)c2)nc1NCc1cccc(Cl)c1. The second kappa shape index (κ2) is 9.30. The Bertz CT molecular complexity index is 1160. The summed E-state index contributed by atoms with van der Waals surface area (Å²) in [4.78, 5) is 17.9. The molecule has 0 radical (unpaired) electrons. The van der Waals surface area contributed by atoms with Crippen LogP contribution in [0.25, 0.3) is 0 Å². The van der Waals surface area contributed by atoms with Crippen molar-refractivity contribution in [1.29, 1.82) is 0 Å². The first-order chi connectivity index (χ1) is 14.6. The van der Waals surface area contributed by atoms with Gasteiger partial charge < -0.3 is 10.6 Å². The van der Waals surface area contributed by atoms with Crippen molar-refractivity contribution in [3.8, 4) is 0 Å². The molecule has 0 aliphatic heterocycles. The normalized spacial score (nSPS) is 10.7. The fourth-order valence-corrected chi connectivity index (χ4v) is 3.88. The van der Waals surface area contributed by atoms with E-state index in [0.29, 0.717) is 39.9 Å². The number of hydrogen-bond acceptors (Lipinski definition) is 6. The van der Waals surface area contributed by atoms with Gasteiger partial charge in [-0.3, -0.25) is 4.79 Å². The summed E-state index contributed by atoms with van der Waals surface area (Å²) in [5, 5.41) is 13.8. The van der Waals surface area contributed by atoms with E-state index in [-0.39, 0.29) is 5.91 Å². The number of rotatable bonds is 7. The summed E-state index contributed by atoms with van der Waals surface area (Å²) >= 11 is 13.5. The average Bonchev–Trinajstić information content (AvgIpc) is 3.41. The number of nitrogens with zero attached hydrogens (tertiary/aromatic N) is 3. The molecule has 0 bridgehead atoms. The van der Waals surface area contributed by atoms with E-state index in [4.69, 9.17) is 23.2 Å². The van der Waals surface area contributed by atoms with Gasteiger partial charge in [-0.2, -0.15) is 9.67 Å². The van der Waals surface area contributed by atoms with Gasteiger partial charge in [0.25, 0.3) is 5.91 Å². The first kappa shape index (κ1) is 20.4. The van der Waals surface area contributed by atoms with Crippen molar-refractivity contribution in [2.24, 2.45) is 0 Å². The third-order valence-electron chi connectivity index (χ3n) is 4.21. The molecule has 152 valence electrons. The third-order valence-corrected chi connectivity index (χ3v) is 5.54. The molecular weight excluding hydrogens is 441 g/mol. The highest BCUT2D eigenvalue weighted by molar-refractivity contribution is 7.12. The Hall–Kier alpha value is -2.87. The fraction of sp³-hybridized carbons (Fsp3) is 0.0952. The summed E-state index contributed by atoms with van der Waals surface area (Å²) in [6.07, 6.45) is 0. The fourth-order valence-electron chi connectivity index (χ4n) is 2.80. The van der Waals surface area contributed by atoms with E-state index in [0.717, 1.165) is 11.1 Å². The van der Waals surface area contributed by atoms with Gasteiger partial charge in [-0.05, 0) is 46.8 Å². The molecule has 4 rings (SSSR count). The number of carbonyl (C=O) groups excluding carboxylic acids is 1. The molecule has 0 amide bonds. The van der Waals surface area contributed by atoms with Crippen LogP contribution in [0.15, 0.2) is 66.0 Å². The molecule has 2 aromatic heterocycles. The van der Waals surface area contributed by atoms with Gasteiger partial charge in [0.15, 0.2) is 0 Å². The number of anilines is 2. The number of hydrogen-bond donors (Lipinski definition) is 2.